The molecule has 1 unspecified atom stereocenters. The summed E-state index contributed by atoms with van der Waals surface area (Å²) in [6.45, 7) is 0.421. The number of nitro groups is 1. The molecule has 0 amide bonds. The van der Waals surface area contributed by atoms with Crippen LogP contribution in [0.1, 0.15) is 6.92 Å². The van der Waals surface area contributed by atoms with E-state index in [0.717, 1.165) is 6.07 Å². The lowest BCUT2D eigenvalue weighted by molar-refractivity contribution is -0.385. The predicted octanol–water partition coefficient (Wildman–Crippen LogP) is 2.57. The molecule has 1 rings (SSSR count). The predicted molar refractivity (Wildman–Crippen MR) is 64.3 cm³/mol. The molecule has 20 heavy (non-hydrogen) atoms. The zero-order valence-electron chi connectivity index (χ0n) is 9.73. The number of pyridine rings is 1. The van der Waals surface area contributed by atoms with Gasteiger partial charge >= 0.3 is 12.1 Å². The van der Waals surface area contributed by atoms with E-state index in [9.17, 15) is 28.1 Å². The first-order valence-electron chi connectivity index (χ1n) is 4.87. The number of halogens is 4. The highest BCUT2D eigenvalue weighted by molar-refractivity contribution is 9.10. The standard InChI is InChI=1S/C9H7BrF3N3O4/c1-8(7(17)18,9(11,12)13)15-6-5(10)2-4(3-14-6)16(19)20/h2-3H,1H3,(H,14,15)(H,17,18). The molecule has 2 N–H and O–H groups in total. The fourth-order valence-corrected chi connectivity index (χ4v) is 1.54. The average Bonchev–Trinajstić information content (AvgIpc) is 2.29. The van der Waals surface area contributed by atoms with Crippen LogP contribution in [0.15, 0.2) is 16.7 Å². The summed E-state index contributed by atoms with van der Waals surface area (Å²) >= 11 is 2.79. The van der Waals surface area contributed by atoms with Gasteiger partial charge in [0.05, 0.1) is 9.40 Å². The van der Waals surface area contributed by atoms with Crippen molar-refractivity contribution in [3.05, 3.63) is 26.9 Å². The number of carbonyl (C=O) groups is 1. The summed E-state index contributed by atoms with van der Waals surface area (Å²) in [5.41, 5.74) is -3.73. The summed E-state index contributed by atoms with van der Waals surface area (Å²) in [6.07, 6.45) is -4.38. The molecule has 1 aromatic rings. The van der Waals surface area contributed by atoms with Gasteiger partial charge in [-0.1, -0.05) is 0 Å². The normalized spacial score (nSPS) is 14.4. The minimum Gasteiger partial charge on any atom is -0.479 e. The molecular weight excluding hydrogens is 351 g/mol. The van der Waals surface area contributed by atoms with E-state index < -0.39 is 34.1 Å². The number of carboxylic acid groups (broad SMARTS) is 1. The van der Waals surface area contributed by atoms with Crippen LogP contribution < -0.4 is 5.32 Å². The minimum absolute atomic E-state index is 0.163. The lowest BCUT2D eigenvalue weighted by Gasteiger charge is -2.29. The Bertz CT molecular complexity index is 566. The van der Waals surface area contributed by atoms with Crippen LogP contribution in [0.3, 0.4) is 0 Å². The van der Waals surface area contributed by atoms with Crippen molar-refractivity contribution in [2.75, 3.05) is 5.32 Å². The number of aliphatic carboxylic acids is 1. The van der Waals surface area contributed by atoms with Gasteiger partial charge in [0, 0.05) is 6.07 Å². The Kier molecular flexibility index (Phi) is 4.22. The van der Waals surface area contributed by atoms with Crippen molar-refractivity contribution in [3.63, 3.8) is 0 Å². The van der Waals surface area contributed by atoms with E-state index in [1.54, 1.807) is 5.32 Å². The van der Waals surface area contributed by atoms with Gasteiger partial charge in [-0.25, -0.2) is 9.78 Å². The van der Waals surface area contributed by atoms with Crippen LogP contribution >= 0.6 is 15.9 Å². The quantitative estimate of drug-likeness (QED) is 0.633. The summed E-state index contributed by atoms with van der Waals surface area (Å²) in [5.74, 6) is -2.63. The number of hydrogen-bond acceptors (Lipinski definition) is 5. The molecule has 7 nitrogen and oxygen atoms in total. The molecule has 1 aromatic heterocycles. The number of nitrogens with zero attached hydrogens (tertiary/aromatic N) is 2. The van der Waals surface area contributed by atoms with E-state index in [1.807, 2.05) is 0 Å². The Morgan fingerprint density at radius 1 is 1.55 bits per heavy atom. The molecular formula is C9H7BrF3N3O4. The third-order valence-corrected chi connectivity index (χ3v) is 3.01. The summed E-state index contributed by atoms with van der Waals surface area (Å²) in [7, 11) is 0. The van der Waals surface area contributed by atoms with Crippen molar-refractivity contribution in [3.8, 4) is 0 Å². The molecule has 0 saturated heterocycles. The number of anilines is 1. The van der Waals surface area contributed by atoms with Crippen LogP contribution in [0.5, 0.6) is 0 Å². The van der Waals surface area contributed by atoms with Crippen LogP contribution in [0.25, 0.3) is 0 Å². The molecule has 0 aliphatic carbocycles. The molecule has 0 aromatic carbocycles. The van der Waals surface area contributed by atoms with Gasteiger partial charge in [-0.15, -0.1) is 0 Å². The summed E-state index contributed by atoms with van der Waals surface area (Å²) in [5, 5.41) is 20.9. The summed E-state index contributed by atoms with van der Waals surface area (Å²) in [4.78, 5) is 23.9. The lowest BCUT2D eigenvalue weighted by atomic mass is 10.0. The molecule has 110 valence electrons. The third-order valence-electron chi connectivity index (χ3n) is 2.40. The van der Waals surface area contributed by atoms with E-state index in [-0.39, 0.29) is 4.47 Å². The van der Waals surface area contributed by atoms with Gasteiger partial charge in [0.1, 0.15) is 12.0 Å². The van der Waals surface area contributed by atoms with Crippen molar-refractivity contribution in [1.82, 2.24) is 4.98 Å². The van der Waals surface area contributed by atoms with Gasteiger partial charge in [-0.05, 0) is 22.9 Å². The van der Waals surface area contributed by atoms with E-state index in [0.29, 0.717) is 13.1 Å². The maximum absolute atomic E-state index is 12.8. The topological polar surface area (TPSA) is 105 Å². The Hall–Kier alpha value is -1.91. The van der Waals surface area contributed by atoms with Crippen LogP contribution in [-0.2, 0) is 4.79 Å². The first-order chi connectivity index (χ1) is 8.99. The molecule has 0 aliphatic rings. The van der Waals surface area contributed by atoms with Crippen LogP contribution in [0.2, 0.25) is 0 Å². The number of hydrogen-bond donors (Lipinski definition) is 2. The Labute approximate surface area is 118 Å². The third kappa shape index (κ3) is 2.98. The monoisotopic (exact) mass is 357 g/mol. The molecule has 11 heteroatoms. The molecule has 0 aliphatic heterocycles. The van der Waals surface area contributed by atoms with Gasteiger partial charge in [0.15, 0.2) is 0 Å². The zero-order valence-corrected chi connectivity index (χ0v) is 11.3. The van der Waals surface area contributed by atoms with Gasteiger partial charge in [0.2, 0.25) is 5.54 Å². The van der Waals surface area contributed by atoms with Crippen molar-refractivity contribution in [2.45, 2.75) is 18.6 Å². The Balaban J connectivity index is 3.20. The van der Waals surface area contributed by atoms with E-state index in [1.165, 1.54) is 0 Å². The maximum atomic E-state index is 12.8. The smallest absolute Gasteiger partial charge is 0.422 e. The molecule has 0 spiro atoms. The second-order valence-electron chi connectivity index (χ2n) is 3.83. The largest absolute Gasteiger partial charge is 0.479 e. The van der Waals surface area contributed by atoms with Gasteiger partial charge in [-0.3, -0.25) is 10.1 Å². The van der Waals surface area contributed by atoms with E-state index in [4.69, 9.17) is 5.11 Å². The van der Waals surface area contributed by atoms with Gasteiger partial charge in [0.25, 0.3) is 5.69 Å². The van der Waals surface area contributed by atoms with Crippen molar-refractivity contribution < 1.29 is 28.0 Å². The van der Waals surface area contributed by atoms with Crippen molar-refractivity contribution in [2.24, 2.45) is 0 Å². The minimum atomic E-state index is -5.10. The highest BCUT2D eigenvalue weighted by Gasteiger charge is 2.58. The van der Waals surface area contributed by atoms with Crippen LogP contribution in [0, 0.1) is 10.1 Å². The first kappa shape index (κ1) is 16.1. The first-order valence-corrected chi connectivity index (χ1v) is 5.66. The van der Waals surface area contributed by atoms with E-state index in [2.05, 4.69) is 20.9 Å². The SMILES string of the molecule is CC(Nc1ncc([N+](=O)[O-])cc1Br)(C(=O)O)C(F)(F)F. The van der Waals surface area contributed by atoms with Crippen LogP contribution in [0.4, 0.5) is 24.7 Å². The molecule has 1 heterocycles. The molecule has 0 radical (unpaired) electrons. The zero-order chi connectivity index (χ0) is 15.7. The average molecular weight is 358 g/mol. The Morgan fingerprint density at radius 2 is 2.10 bits per heavy atom. The number of alkyl halides is 3. The highest BCUT2D eigenvalue weighted by atomic mass is 79.9. The summed E-state index contributed by atoms with van der Waals surface area (Å²) < 4.78 is 38.2. The van der Waals surface area contributed by atoms with Crippen LogP contribution in [-0.4, -0.2) is 32.7 Å². The lowest BCUT2D eigenvalue weighted by Crippen LogP contribution is -2.55. The molecule has 0 fully saturated rings. The van der Waals surface area contributed by atoms with Gasteiger partial charge < -0.3 is 10.4 Å². The second-order valence-corrected chi connectivity index (χ2v) is 4.69. The van der Waals surface area contributed by atoms with Crippen molar-refractivity contribution in [1.29, 1.82) is 0 Å². The number of rotatable bonds is 4. The number of nitrogens with one attached hydrogen (secondary N) is 1. The second kappa shape index (κ2) is 5.23. The molecule has 1 atom stereocenters. The van der Waals surface area contributed by atoms with Crippen molar-refractivity contribution >= 4 is 33.4 Å². The summed E-state index contributed by atoms with van der Waals surface area (Å²) in [6, 6.07) is 0.911. The Morgan fingerprint density at radius 3 is 2.45 bits per heavy atom. The van der Waals surface area contributed by atoms with E-state index >= 15 is 0 Å². The number of carboxylic acids is 1. The van der Waals surface area contributed by atoms with Gasteiger partial charge in [-0.2, -0.15) is 13.2 Å². The molecule has 0 bridgehead atoms. The fraction of sp³-hybridized carbons (Fsp3) is 0.333. The maximum Gasteiger partial charge on any atom is 0.422 e. The molecule has 0 saturated carbocycles. The fourth-order valence-electron chi connectivity index (χ4n) is 1.10. The number of aromatic nitrogens is 1. The highest BCUT2D eigenvalue weighted by Crippen LogP contribution is 2.35.